The summed E-state index contributed by atoms with van der Waals surface area (Å²) in [4.78, 5) is 27.9. The lowest BCUT2D eigenvalue weighted by molar-refractivity contribution is -0.242. The van der Waals surface area contributed by atoms with E-state index in [1.54, 1.807) is 14.2 Å². The van der Waals surface area contributed by atoms with Crippen molar-refractivity contribution in [1.82, 2.24) is 14.2 Å². The molecule has 14 heteroatoms. The zero-order valence-electron chi connectivity index (χ0n) is 32.0. The van der Waals surface area contributed by atoms with Crippen molar-refractivity contribution >= 4 is 8.53 Å². The lowest BCUT2D eigenvalue weighted by Gasteiger charge is -2.54. The van der Waals surface area contributed by atoms with Crippen LogP contribution in [0.5, 0.6) is 11.5 Å². The summed E-state index contributed by atoms with van der Waals surface area (Å²) in [6, 6.07) is 27.9. The third-order valence-electron chi connectivity index (χ3n) is 10.1. The Morgan fingerprint density at radius 1 is 0.945 bits per heavy atom. The number of hydrogen-bond donors (Lipinski definition) is 1. The Morgan fingerprint density at radius 2 is 1.56 bits per heavy atom. The number of H-pyrrole nitrogens is 1. The van der Waals surface area contributed by atoms with Gasteiger partial charge in [-0.3, -0.25) is 14.3 Å². The molecular formula is C41H49N4O9P. The second-order valence-corrected chi connectivity index (χ2v) is 15.5. The second kappa shape index (κ2) is 17.6. The van der Waals surface area contributed by atoms with E-state index in [-0.39, 0.29) is 44.9 Å². The van der Waals surface area contributed by atoms with Gasteiger partial charge in [0.2, 0.25) is 0 Å². The summed E-state index contributed by atoms with van der Waals surface area (Å²) in [5, 5.41) is 9.48. The van der Waals surface area contributed by atoms with Crippen LogP contribution in [0, 0.1) is 11.3 Å². The van der Waals surface area contributed by atoms with Gasteiger partial charge in [-0.25, -0.2) is 9.46 Å². The van der Waals surface area contributed by atoms with Crippen molar-refractivity contribution in [2.45, 2.75) is 82.3 Å². The molecule has 2 bridgehead atoms. The molecule has 0 amide bonds. The van der Waals surface area contributed by atoms with Crippen LogP contribution in [0.3, 0.4) is 0 Å². The van der Waals surface area contributed by atoms with Crippen molar-refractivity contribution in [3.05, 3.63) is 129 Å². The van der Waals surface area contributed by atoms with Crippen LogP contribution in [0.4, 0.5) is 0 Å². The molecular weight excluding hydrogens is 723 g/mol. The fraction of sp³-hybridized carbons (Fsp3) is 0.439. The standard InChI is InChI=1S/C41H49N4O9P/c1-28(2)45(29(3)4)55(53-24-10-22-42)54-38-37-35(44-23-21-36(46)43-39(44)47)26-51-40(38,27-50-37)41(31-13-17-33(48-5)18-14-31,32-15-19-34(49-6)20-16-32)52-25-30-11-8-7-9-12-30/h7-9,11-21,23,28-29,35,37-38H,10,24-27H2,1-6H3,(H,43,46,47)/t35?,37-,38-,40+,55?/m0/s1. The summed E-state index contributed by atoms with van der Waals surface area (Å²) in [6.07, 6.45) is -0.0960. The molecule has 5 atom stereocenters. The fourth-order valence-corrected chi connectivity index (χ4v) is 9.44. The maximum atomic E-state index is 13.4. The summed E-state index contributed by atoms with van der Waals surface area (Å²) < 4.78 is 49.9. The maximum Gasteiger partial charge on any atom is 0.328 e. The van der Waals surface area contributed by atoms with Crippen molar-refractivity contribution in [3.63, 3.8) is 0 Å². The molecule has 1 N–H and O–H groups in total. The molecule has 2 saturated heterocycles. The van der Waals surface area contributed by atoms with E-state index in [4.69, 9.17) is 32.7 Å². The van der Waals surface area contributed by atoms with Crippen molar-refractivity contribution in [2.24, 2.45) is 0 Å². The Hall–Kier alpha value is -4.38. The summed E-state index contributed by atoms with van der Waals surface area (Å²) in [7, 11) is 1.37. The van der Waals surface area contributed by atoms with Gasteiger partial charge in [0.05, 0.1) is 59.2 Å². The number of nitrogens with one attached hydrogen (secondary N) is 1. The zero-order valence-corrected chi connectivity index (χ0v) is 32.9. The molecule has 0 saturated carbocycles. The summed E-state index contributed by atoms with van der Waals surface area (Å²) in [5.41, 5.74) is -1.53. The number of ether oxygens (including phenoxy) is 5. The van der Waals surface area contributed by atoms with Gasteiger partial charge in [-0.1, -0.05) is 54.6 Å². The number of rotatable bonds is 17. The maximum absolute atomic E-state index is 13.4. The molecule has 0 aliphatic carbocycles. The molecule has 0 radical (unpaired) electrons. The molecule has 3 aromatic carbocycles. The van der Waals surface area contributed by atoms with Gasteiger partial charge in [-0.05, 0) is 68.7 Å². The average molecular weight is 773 g/mol. The Balaban J connectivity index is 1.61. The van der Waals surface area contributed by atoms with Gasteiger partial charge in [-0.2, -0.15) is 5.26 Å². The van der Waals surface area contributed by atoms with Crippen LogP contribution < -0.4 is 20.7 Å². The van der Waals surface area contributed by atoms with Gasteiger partial charge in [0.1, 0.15) is 23.7 Å². The molecule has 0 spiro atoms. The van der Waals surface area contributed by atoms with E-state index in [9.17, 15) is 14.9 Å². The second-order valence-electron chi connectivity index (χ2n) is 14.0. The highest BCUT2D eigenvalue weighted by Crippen LogP contribution is 2.60. The van der Waals surface area contributed by atoms with E-state index < -0.39 is 49.2 Å². The highest BCUT2D eigenvalue weighted by molar-refractivity contribution is 7.44. The van der Waals surface area contributed by atoms with E-state index >= 15 is 0 Å². The molecule has 4 aromatic rings. The summed E-state index contributed by atoms with van der Waals surface area (Å²) >= 11 is 0. The molecule has 2 aliphatic rings. The van der Waals surface area contributed by atoms with E-state index in [1.807, 2.05) is 78.9 Å². The van der Waals surface area contributed by atoms with Crippen LogP contribution in [0.15, 0.2) is 101 Å². The topological polar surface area (TPSA) is 147 Å². The number of nitrogens with zero attached hydrogens (tertiary/aromatic N) is 3. The van der Waals surface area contributed by atoms with Crippen LogP contribution in [0.2, 0.25) is 0 Å². The summed E-state index contributed by atoms with van der Waals surface area (Å²) in [6.45, 7) is 8.59. The van der Waals surface area contributed by atoms with Gasteiger partial charge in [0.15, 0.2) is 11.2 Å². The normalized spacial score (nSPS) is 21.5. The van der Waals surface area contributed by atoms with Crippen molar-refractivity contribution in [3.8, 4) is 17.6 Å². The van der Waals surface area contributed by atoms with Crippen LogP contribution in [0.25, 0.3) is 0 Å². The molecule has 2 fully saturated rings. The van der Waals surface area contributed by atoms with Crippen LogP contribution in [-0.4, -0.2) is 78.2 Å². The van der Waals surface area contributed by atoms with Crippen LogP contribution >= 0.6 is 8.53 Å². The number of methoxy groups -OCH3 is 2. The summed E-state index contributed by atoms with van der Waals surface area (Å²) in [5.74, 6) is 1.31. The van der Waals surface area contributed by atoms with Crippen molar-refractivity contribution in [2.75, 3.05) is 34.0 Å². The molecule has 13 nitrogen and oxygen atoms in total. The minimum absolute atomic E-state index is 0.00545. The minimum atomic E-state index is -1.86. The fourth-order valence-electron chi connectivity index (χ4n) is 7.65. The first-order chi connectivity index (χ1) is 26.6. The molecule has 292 valence electrons. The van der Waals surface area contributed by atoms with E-state index in [1.165, 1.54) is 16.8 Å². The third kappa shape index (κ3) is 8.00. The largest absolute Gasteiger partial charge is 0.497 e. The number of nitriles is 1. The molecule has 3 heterocycles. The molecule has 1 aromatic heterocycles. The monoisotopic (exact) mass is 772 g/mol. The van der Waals surface area contributed by atoms with Gasteiger partial charge >= 0.3 is 5.69 Å². The van der Waals surface area contributed by atoms with Crippen LogP contribution in [0.1, 0.15) is 56.8 Å². The molecule has 55 heavy (non-hydrogen) atoms. The number of benzene rings is 3. The zero-order chi connectivity index (χ0) is 39.2. The highest BCUT2D eigenvalue weighted by Gasteiger charge is 2.70. The van der Waals surface area contributed by atoms with E-state index in [0.717, 1.165) is 16.7 Å². The Kier molecular flexibility index (Phi) is 12.9. The Labute approximate surface area is 322 Å². The lowest BCUT2D eigenvalue weighted by Crippen LogP contribution is -2.67. The van der Waals surface area contributed by atoms with Crippen molar-refractivity contribution in [1.29, 1.82) is 5.26 Å². The highest BCUT2D eigenvalue weighted by atomic mass is 31.2. The molecule has 6 rings (SSSR count). The van der Waals surface area contributed by atoms with Gasteiger partial charge in [-0.15, -0.1) is 0 Å². The Bertz CT molecular complexity index is 1960. The third-order valence-corrected chi connectivity index (χ3v) is 12.2. The van der Waals surface area contributed by atoms with E-state index in [0.29, 0.717) is 11.5 Å². The predicted molar refractivity (Wildman–Crippen MR) is 207 cm³/mol. The number of hydrogen-bond acceptors (Lipinski definition) is 11. The smallest absolute Gasteiger partial charge is 0.328 e. The SMILES string of the molecule is COc1ccc(C(OCc2ccccc2)(c2ccc(OC)cc2)[C@]23CO[C@@H](C(n4ccc(=O)[nH]c4=O)CO2)[C@@H]3OP(OCCC#N)N(C(C)C)C(C)C)cc1. The first kappa shape index (κ1) is 40.3. The van der Waals surface area contributed by atoms with Crippen LogP contribution in [-0.2, 0) is 35.5 Å². The first-order valence-corrected chi connectivity index (χ1v) is 19.5. The minimum Gasteiger partial charge on any atom is -0.497 e. The van der Waals surface area contributed by atoms with Crippen molar-refractivity contribution < 1.29 is 32.7 Å². The molecule has 2 aliphatic heterocycles. The first-order valence-electron chi connectivity index (χ1n) is 18.4. The molecule has 2 unspecified atom stereocenters. The average Bonchev–Trinajstić information content (AvgIpc) is 3.42. The Morgan fingerprint density at radius 3 is 2.11 bits per heavy atom. The number of aromatic nitrogens is 2. The quantitative estimate of drug-likeness (QED) is 0.0984. The van der Waals surface area contributed by atoms with Gasteiger partial charge < -0.3 is 32.7 Å². The van der Waals surface area contributed by atoms with Gasteiger partial charge in [0.25, 0.3) is 14.1 Å². The number of fused-ring (bicyclic) bond motifs is 2. The predicted octanol–water partition coefficient (Wildman–Crippen LogP) is 6.08. The van der Waals surface area contributed by atoms with Gasteiger partial charge in [0, 0.05) is 24.3 Å². The number of aromatic amines is 1. The van der Waals surface area contributed by atoms with E-state index in [2.05, 4.69) is 43.4 Å². The lowest BCUT2D eigenvalue weighted by atomic mass is 9.68.